The second-order valence-electron chi connectivity index (χ2n) is 3.31. The van der Waals surface area contributed by atoms with Crippen LogP contribution < -0.4 is 0 Å². The van der Waals surface area contributed by atoms with E-state index in [0.29, 0.717) is 6.29 Å². The summed E-state index contributed by atoms with van der Waals surface area (Å²) in [6, 6.07) is 0. The van der Waals surface area contributed by atoms with Crippen LogP contribution in [-0.2, 0) is 4.79 Å². The molecule has 0 spiro atoms. The smallest absolute Gasteiger partial charge is 0.128 e. The van der Waals surface area contributed by atoms with Gasteiger partial charge in [-0.1, -0.05) is 13.8 Å². The molecule has 2 heteroatoms. The Morgan fingerprint density at radius 2 is 1.56 bits per heavy atom. The van der Waals surface area contributed by atoms with Gasteiger partial charge in [-0.2, -0.15) is 0 Å². The largest absolute Gasteiger partial charge is 0.303 e. The third kappa shape index (κ3) is 1.77. The number of hydrogen-bond donors (Lipinski definition) is 0. The van der Waals surface area contributed by atoms with E-state index in [9.17, 15) is 9.18 Å². The van der Waals surface area contributed by atoms with Crippen LogP contribution in [0.15, 0.2) is 0 Å². The summed E-state index contributed by atoms with van der Waals surface area (Å²) in [5.74, 6) is 0. The van der Waals surface area contributed by atoms with E-state index in [1.165, 1.54) is 13.8 Å². The topological polar surface area (TPSA) is 17.1 Å². The van der Waals surface area contributed by atoms with Crippen LogP contribution in [0.3, 0.4) is 0 Å². The Morgan fingerprint density at radius 1 is 1.22 bits per heavy atom. The van der Waals surface area contributed by atoms with E-state index >= 15 is 0 Å². The number of alkyl halides is 1. The number of carbonyl (C=O) groups excluding carboxylic acids is 1. The molecule has 0 bridgehead atoms. The van der Waals surface area contributed by atoms with E-state index in [1.807, 2.05) is 0 Å². The first kappa shape index (κ1) is 8.60. The molecule has 0 aliphatic rings. The molecule has 0 amide bonds. The van der Waals surface area contributed by atoms with Crippen molar-refractivity contribution in [2.24, 2.45) is 5.41 Å². The van der Waals surface area contributed by atoms with Crippen molar-refractivity contribution in [3.8, 4) is 0 Å². The second kappa shape index (κ2) is 2.09. The predicted molar refractivity (Wildman–Crippen MR) is 35.0 cm³/mol. The van der Waals surface area contributed by atoms with E-state index in [2.05, 4.69) is 0 Å². The van der Waals surface area contributed by atoms with Crippen LogP contribution in [-0.4, -0.2) is 12.0 Å². The first-order valence-electron chi connectivity index (χ1n) is 2.96. The molecule has 0 aromatic carbocycles. The zero-order valence-corrected chi connectivity index (χ0v) is 6.36. The molecule has 0 rings (SSSR count). The molecular formula is C7H13FO. The van der Waals surface area contributed by atoms with Gasteiger partial charge < -0.3 is 4.79 Å². The lowest BCUT2D eigenvalue weighted by Gasteiger charge is -2.28. The van der Waals surface area contributed by atoms with E-state index in [0.717, 1.165) is 0 Å². The number of carbonyl (C=O) groups is 1. The minimum absolute atomic E-state index is 0.646. The van der Waals surface area contributed by atoms with E-state index in [-0.39, 0.29) is 0 Å². The molecule has 0 atom stereocenters. The van der Waals surface area contributed by atoms with Gasteiger partial charge in [-0.3, -0.25) is 0 Å². The monoisotopic (exact) mass is 132 g/mol. The highest BCUT2D eigenvalue weighted by atomic mass is 19.1. The van der Waals surface area contributed by atoms with Gasteiger partial charge in [0.05, 0.1) is 5.41 Å². The maximum Gasteiger partial charge on any atom is 0.128 e. The molecule has 9 heavy (non-hydrogen) atoms. The van der Waals surface area contributed by atoms with Gasteiger partial charge in [0, 0.05) is 0 Å². The van der Waals surface area contributed by atoms with Crippen LogP contribution in [0.5, 0.6) is 0 Å². The van der Waals surface area contributed by atoms with Crippen molar-refractivity contribution in [3.05, 3.63) is 0 Å². The summed E-state index contributed by atoms with van der Waals surface area (Å²) in [4.78, 5) is 10.2. The van der Waals surface area contributed by atoms with Gasteiger partial charge in [-0.15, -0.1) is 0 Å². The molecule has 0 N–H and O–H groups in total. The number of rotatable bonds is 2. The van der Waals surface area contributed by atoms with Gasteiger partial charge in [0.15, 0.2) is 0 Å². The average molecular weight is 132 g/mol. The van der Waals surface area contributed by atoms with Gasteiger partial charge in [-0.05, 0) is 13.8 Å². The summed E-state index contributed by atoms with van der Waals surface area (Å²) < 4.78 is 12.9. The fraction of sp³-hybridized carbons (Fsp3) is 0.857. The van der Waals surface area contributed by atoms with Crippen molar-refractivity contribution in [2.75, 3.05) is 0 Å². The summed E-state index contributed by atoms with van der Waals surface area (Å²) in [5.41, 5.74) is -2.29. The first-order valence-corrected chi connectivity index (χ1v) is 2.96. The van der Waals surface area contributed by atoms with E-state index in [1.54, 1.807) is 13.8 Å². The molecule has 54 valence electrons. The highest BCUT2D eigenvalue weighted by Crippen LogP contribution is 2.31. The molecule has 0 saturated carbocycles. The Bertz CT molecular complexity index is 111. The summed E-state index contributed by atoms with van der Waals surface area (Å²) in [6.07, 6.45) is 0.646. The minimum atomic E-state index is -1.42. The lowest BCUT2D eigenvalue weighted by atomic mass is 9.80. The van der Waals surface area contributed by atoms with Crippen molar-refractivity contribution in [2.45, 2.75) is 33.4 Å². The summed E-state index contributed by atoms with van der Waals surface area (Å²) in [5, 5.41) is 0. The van der Waals surface area contributed by atoms with Crippen molar-refractivity contribution in [3.63, 3.8) is 0 Å². The van der Waals surface area contributed by atoms with Crippen LogP contribution >= 0.6 is 0 Å². The van der Waals surface area contributed by atoms with Crippen molar-refractivity contribution < 1.29 is 9.18 Å². The fourth-order valence-corrected chi connectivity index (χ4v) is 0.140. The zero-order chi connectivity index (χ0) is 7.71. The SMILES string of the molecule is CC(C)(F)C(C)(C)C=O. The predicted octanol–water partition coefficient (Wildman–Crippen LogP) is 1.96. The normalized spacial score (nSPS) is 13.4. The number of aldehydes is 1. The second-order valence-corrected chi connectivity index (χ2v) is 3.31. The third-order valence-corrected chi connectivity index (χ3v) is 1.83. The maximum atomic E-state index is 12.9. The maximum absolute atomic E-state index is 12.9. The average Bonchev–Trinajstić information content (AvgIpc) is 1.64. The van der Waals surface area contributed by atoms with Crippen molar-refractivity contribution >= 4 is 6.29 Å². The van der Waals surface area contributed by atoms with Crippen molar-refractivity contribution in [1.29, 1.82) is 0 Å². The molecule has 0 heterocycles. The Morgan fingerprint density at radius 3 is 1.56 bits per heavy atom. The molecule has 0 aliphatic carbocycles. The molecule has 0 aromatic rings. The highest BCUT2D eigenvalue weighted by Gasteiger charge is 2.36. The molecule has 0 saturated heterocycles. The summed E-state index contributed by atoms with van der Waals surface area (Å²) in [7, 11) is 0. The Balaban J connectivity index is 4.32. The fourth-order valence-electron chi connectivity index (χ4n) is 0.140. The third-order valence-electron chi connectivity index (χ3n) is 1.83. The lowest BCUT2D eigenvalue weighted by molar-refractivity contribution is -0.121. The van der Waals surface area contributed by atoms with Gasteiger partial charge in [0.2, 0.25) is 0 Å². The van der Waals surface area contributed by atoms with Crippen LogP contribution in [0.2, 0.25) is 0 Å². The Hall–Kier alpha value is -0.400. The quantitative estimate of drug-likeness (QED) is 0.525. The summed E-state index contributed by atoms with van der Waals surface area (Å²) >= 11 is 0. The number of halogens is 1. The molecule has 0 aliphatic heterocycles. The highest BCUT2D eigenvalue weighted by molar-refractivity contribution is 5.60. The zero-order valence-electron chi connectivity index (χ0n) is 6.36. The molecule has 0 radical (unpaired) electrons. The molecule has 0 aromatic heterocycles. The van der Waals surface area contributed by atoms with Crippen molar-refractivity contribution in [1.82, 2.24) is 0 Å². The van der Waals surface area contributed by atoms with E-state index < -0.39 is 11.1 Å². The Kier molecular flexibility index (Phi) is 1.99. The van der Waals surface area contributed by atoms with Gasteiger partial charge in [0.1, 0.15) is 12.0 Å². The van der Waals surface area contributed by atoms with Crippen LogP contribution in [0.25, 0.3) is 0 Å². The van der Waals surface area contributed by atoms with Gasteiger partial charge in [-0.25, -0.2) is 4.39 Å². The van der Waals surface area contributed by atoms with E-state index in [4.69, 9.17) is 0 Å². The van der Waals surface area contributed by atoms with Crippen LogP contribution in [0.4, 0.5) is 4.39 Å². The van der Waals surface area contributed by atoms with Gasteiger partial charge in [0.25, 0.3) is 0 Å². The number of hydrogen-bond acceptors (Lipinski definition) is 1. The minimum Gasteiger partial charge on any atom is -0.303 e. The van der Waals surface area contributed by atoms with Gasteiger partial charge >= 0.3 is 0 Å². The molecule has 0 fully saturated rings. The van der Waals surface area contributed by atoms with Crippen LogP contribution in [0.1, 0.15) is 27.7 Å². The molecule has 0 unspecified atom stereocenters. The molecular weight excluding hydrogens is 119 g/mol. The Labute approximate surface area is 55.3 Å². The molecule has 1 nitrogen and oxygen atoms in total. The standard InChI is InChI=1S/C7H13FO/c1-6(2,5-9)7(3,4)8/h5H,1-4H3. The lowest BCUT2D eigenvalue weighted by Crippen LogP contribution is -2.35. The first-order chi connectivity index (χ1) is 3.81. The van der Waals surface area contributed by atoms with Crippen LogP contribution in [0, 0.1) is 5.41 Å². The summed E-state index contributed by atoms with van der Waals surface area (Å²) in [6.45, 7) is 5.98.